The Labute approximate surface area is 193 Å². The van der Waals surface area contributed by atoms with Crippen LogP contribution in [0, 0.1) is 0 Å². The van der Waals surface area contributed by atoms with E-state index in [2.05, 4.69) is 27.5 Å². The predicted octanol–water partition coefficient (Wildman–Crippen LogP) is 2.51. The number of fused-ring (bicyclic) bond motifs is 2. The second-order valence-corrected chi connectivity index (χ2v) is 12.0. The molecule has 2 aromatic rings. The number of nitrogens with zero attached hydrogens (tertiary/aromatic N) is 3. The van der Waals surface area contributed by atoms with Crippen LogP contribution in [0.15, 0.2) is 35.5 Å². The first-order valence-corrected chi connectivity index (χ1v) is 13.7. The molecule has 4 N–H and O–H groups in total. The first-order chi connectivity index (χ1) is 14.9. The van der Waals surface area contributed by atoms with Crippen molar-refractivity contribution < 1.29 is 23.4 Å². The maximum atomic E-state index is 10.2. The molecule has 0 bridgehead atoms. The van der Waals surface area contributed by atoms with Gasteiger partial charge in [-0.15, -0.1) is 0 Å². The van der Waals surface area contributed by atoms with E-state index >= 15 is 0 Å². The standard InChI is InChI=1S/C17H21ClN5O5PS2/c1-25-13-12-10(6-26-29(24,30)28-12)27-16(13)23-15-11(14(19)20-7-21-15)22-17(23)31-9-4-2-8(18)3-5-9/h2-5,7,10,12-13,16-17,22,24,29-30H,6H2,1H3,(H2,19,20,21)/t10-,12-,13?,16?,17?/m1/s1. The number of nitrogen functional groups attached to an aromatic ring is 1. The fourth-order valence-electron chi connectivity index (χ4n) is 3.87. The Morgan fingerprint density at radius 1 is 1.39 bits per heavy atom. The van der Waals surface area contributed by atoms with Crippen molar-refractivity contribution in [2.24, 2.45) is 0 Å². The summed E-state index contributed by atoms with van der Waals surface area (Å²) < 4.78 is 23.1. The Hall–Kier alpha value is -1.08. The zero-order chi connectivity index (χ0) is 21.8. The van der Waals surface area contributed by atoms with Gasteiger partial charge in [-0.1, -0.05) is 0 Å². The number of hydrogen-bond acceptors (Lipinski definition) is 12. The maximum absolute atomic E-state index is 10.2. The van der Waals surface area contributed by atoms with E-state index in [9.17, 15) is 4.89 Å². The van der Waals surface area contributed by atoms with Crippen molar-refractivity contribution in [2.45, 2.75) is 34.9 Å². The van der Waals surface area contributed by atoms with Crippen molar-refractivity contribution in [3.05, 3.63) is 35.6 Å². The van der Waals surface area contributed by atoms with Crippen molar-refractivity contribution in [3.63, 3.8) is 0 Å². The van der Waals surface area contributed by atoms with Gasteiger partial charge in [-0.2, -0.15) is 0 Å². The average Bonchev–Trinajstić information content (AvgIpc) is 3.26. The zero-order valence-corrected chi connectivity index (χ0v) is 19.7. The fourth-order valence-corrected chi connectivity index (χ4v) is 6.74. The molecule has 0 amide bonds. The van der Waals surface area contributed by atoms with Gasteiger partial charge in [-0.3, -0.25) is 0 Å². The number of halogens is 1. The van der Waals surface area contributed by atoms with E-state index in [0.29, 0.717) is 22.3 Å². The van der Waals surface area contributed by atoms with Crippen LogP contribution in [0.1, 0.15) is 0 Å². The summed E-state index contributed by atoms with van der Waals surface area (Å²) in [5.41, 5.74) is 6.39. The van der Waals surface area contributed by atoms with E-state index in [0.717, 1.165) is 4.90 Å². The summed E-state index contributed by atoms with van der Waals surface area (Å²) in [4.78, 5) is 21.7. The topological polar surface area (TPSA) is 124 Å². The minimum atomic E-state index is -3.53. The number of nitrogens with two attached hydrogens (primary N) is 1. The van der Waals surface area contributed by atoms with Gasteiger partial charge in [0.1, 0.15) is 0 Å². The molecule has 0 spiro atoms. The molecular weight excluding hydrogens is 485 g/mol. The third kappa shape index (κ3) is 4.05. The van der Waals surface area contributed by atoms with Crippen molar-refractivity contribution in [2.75, 3.05) is 29.7 Å². The molecule has 3 aliphatic rings. The molecule has 168 valence electrons. The molecule has 2 saturated heterocycles. The molecule has 0 aliphatic carbocycles. The van der Waals surface area contributed by atoms with Gasteiger partial charge in [0.05, 0.1) is 0 Å². The molecule has 5 rings (SSSR count). The average molecular weight is 506 g/mol. The summed E-state index contributed by atoms with van der Waals surface area (Å²) in [7, 11) is -1.96. The van der Waals surface area contributed by atoms with Crippen molar-refractivity contribution in [1.82, 2.24) is 9.97 Å². The summed E-state index contributed by atoms with van der Waals surface area (Å²) in [5.74, 6) is 0.916. The number of thioether (sulfide) groups is 1. The molecule has 14 heteroatoms. The monoisotopic (exact) mass is 505 g/mol. The fraction of sp³-hybridized carbons (Fsp3) is 0.412. The number of hydrogen-bond donors (Lipinski definition) is 4. The molecule has 2 fully saturated rings. The van der Waals surface area contributed by atoms with Crippen LogP contribution < -0.4 is 16.0 Å². The van der Waals surface area contributed by atoms with E-state index in [1.54, 1.807) is 7.11 Å². The number of nitrogens with one attached hydrogen (secondary N) is 1. The predicted molar refractivity (Wildman–Crippen MR) is 123 cm³/mol. The molecule has 0 saturated carbocycles. The second-order valence-electron chi connectivity index (χ2n) is 7.14. The summed E-state index contributed by atoms with van der Waals surface area (Å²) >= 11 is 11.7. The summed E-state index contributed by atoms with van der Waals surface area (Å²) in [6.45, 7) is 0.155. The SMILES string of the molecule is COC1C(N2c3ncnc(N)c3NC2Sc2ccc(Cl)cc2)O[C@@H]2CO[PH](O)(S)O[C@@H]12. The van der Waals surface area contributed by atoms with Crippen LogP contribution in [0.25, 0.3) is 0 Å². The Morgan fingerprint density at radius 2 is 2.16 bits per heavy atom. The molecule has 1 aromatic carbocycles. The van der Waals surface area contributed by atoms with Crippen LogP contribution in [0.4, 0.5) is 17.3 Å². The van der Waals surface area contributed by atoms with Gasteiger partial charge in [0.25, 0.3) is 0 Å². The van der Waals surface area contributed by atoms with E-state index in [1.165, 1.54) is 18.1 Å². The number of rotatable bonds is 4. The molecule has 3 unspecified atom stereocenters. The van der Waals surface area contributed by atoms with Crippen molar-refractivity contribution in [3.8, 4) is 0 Å². The normalized spacial score (nSPS) is 32.3. The van der Waals surface area contributed by atoms with Gasteiger partial charge in [0.2, 0.25) is 0 Å². The summed E-state index contributed by atoms with van der Waals surface area (Å²) in [6.07, 6.45) is -0.687. The van der Waals surface area contributed by atoms with Gasteiger partial charge in [0, 0.05) is 0 Å². The first-order valence-electron chi connectivity index (χ1n) is 9.38. The van der Waals surface area contributed by atoms with Crippen LogP contribution in [0.5, 0.6) is 0 Å². The quantitative estimate of drug-likeness (QED) is 0.362. The van der Waals surface area contributed by atoms with Crippen molar-refractivity contribution in [1.29, 1.82) is 0 Å². The van der Waals surface area contributed by atoms with Crippen LogP contribution in [0.2, 0.25) is 5.02 Å². The van der Waals surface area contributed by atoms with Gasteiger partial charge in [-0.25, -0.2) is 0 Å². The zero-order valence-electron chi connectivity index (χ0n) is 16.2. The van der Waals surface area contributed by atoms with E-state index in [4.69, 9.17) is 35.9 Å². The van der Waals surface area contributed by atoms with Crippen LogP contribution in [0.3, 0.4) is 0 Å². The van der Waals surface area contributed by atoms with E-state index < -0.39 is 31.7 Å². The summed E-state index contributed by atoms with van der Waals surface area (Å²) in [5, 5.41) is 4.03. The number of ether oxygens (including phenoxy) is 2. The Balaban J connectivity index is 1.49. The molecule has 31 heavy (non-hydrogen) atoms. The van der Waals surface area contributed by atoms with E-state index in [-0.39, 0.29) is 12.1 Å². The second kappa shape index (κ2) is 8.36. The third-order valence-corrected chi connectivity index (χ3v) is 8.43. The number of thiol groups is 1. The molecule has 3 aliphatic heterocycles. The van der Waals surface area contributed by atoms with E-state index in [1.807, 2.05) is 29.2 Å². The molecular formula is C17H21ClN5O5PS2. The van der Waals surface area contributed by atoms with Gasteiger partial charge in [0.15, 0.2) is 0 Å². The van der Waals surface area contributed by atoms with Gasteiger partial charge in [-0.05, 0) is 0 Å². The molecule has 1 aromatic heterocycles. The third-order valence-electron chi connectivity index (χ3n) is 5.24. The molecule has 10 nitrogen and oxygen atoms in total. The van der Waals surface area contributed by atoms with Crippen LogP contribution >= 0.6 is 42.8 Å². The first kappa shape index (κ1) is 21.7. The number of benzene rings is 1. The van der Waals surface area contributed by atoms with Gasteiger partial charge < -0.3 is 0 Å². The Kier molecular flexibility index (Phi) is 5.87. The molecule has 0 radical (unpaired) electrons. The molecule has 5 atom stereocenters. The number of aromatic nitrogens is 2. The van der Waals surface area contributed by atoms with Crippen LogP contribution in [-0.2, 0) is 18.5 Å². The molecule has 4 heterocycles. The minimum absolute atomic E-state index is 0.155. The Bertz CT molecular complexity index is 976. The van der Waals surface area contributed by atoms with Crippen LogP contribution in [-0.4, -0.2) is 58.6 Å². The van der Waals surface area contributed by atoms with Crippen molar-refractivity contribution >= 4 is 60.1 Å². The van der Waals surface area contributed by atoms with Gasteiger partial charge >= 0.3 is 194 Å². The number of methoxy groups -OCH3 is 1. The summed E-state index contributed by atoms with van der Waals surface area (Å²) in [6, 6.07) is 7.51. The number of anilines is 3. The Morgan fingerprint density at radius 3 is 2.90 bits per heavy atom.